The van der Waals surface area contributed by atoms with Gasteiger partial charge in [0.2, 0.25) is 0 Å². The van der Waals surface area contributed by atoms with Crippen molar-refractivity contribution in [2.45, 2.75) is 37.7 Å². The summed E-state index contributed by atoms with van der Waals surface area (Å²) < 4.78 is 73.8. The normalized spacial score (nSPS) is 19.3. The van der Waals surface area contributed by atoms with Crippen molar-refractivity contribution in [1.29, 1.82) is 0 Å². The molecule has 2 aliphatic rings. The van der Waals surface area contributed by atoms with Gasteiger partial charge in [-0.2, -0.15) is 0 Å². The molecule has 42 heavy (non-hydrogen) atoms. The van der Waals surface area contributed by atoms with Crippen molar-refractivity contribution in [2.75, 3.05) is 42.0 Å². The van der Waals surface area contributed by atoms with Gasteiger partial charge in [-0.3, -0.25) is 4.31 Å². The van der Waals surface area contributed by atoms with Crippen molar-refractivity contribution in [3.63, 3.8) is 0 Å². The highest BCUT2D eigenvalue weighted by Gasteiger charge is 2.35. The lowest BCUT2D eigenvalue weighted by Gasteiger charge is -2.36. The fourth-order valence-corrected chi connectivity index (χ4v) is 8.61. The van der Waals surface area contributed by atoms with Crippen molar-refractivity contribution < 1.29 is 26.0 Å². The van der Waals surface area contributed by atoms with E-state index in [2.05, 4.69) is 4.90 Å². The molecule has 11 heteroatoms. The van der Waals surface area contributed by atoms with Gasteiger partial charge >= 0.3 is 0 Å². The number of ether oxygens (including phenoxy) is 1. The molecule has 0 radical (unpaired) electrons. The van der Waals surface area contributed by atoms with Crippen LogP contribution in [-0.4, -0.2) is 65.5 Å². The molecule has 0 aliphatic carbocycles. The average molecular weight is 633 g/mol. The molecule has 2 heterocycles. The second-order valence-electron chi connectivity index (χ2n) is 10.9. The number of hydrogen-bond donors (Lipinski definition) is 0. The average Bonchev–Trinajstić information content (AvgIpc) is 2.93. The van der Waals surface area contributed by atoms with Crippen LogP contribution in [0.25, 0.3) is 11.6 Å². The molecule has 2 aliphatic heterocycles. The van der Waals surface area contributed by atoms with Crippen LogP contribution in [0.5, 0.6) is 5.75 Å². The fourth-order valence-electron chi connectivity index (χ4n) is 5.41. The molecule has 0 saturated carbocycles. The van der Waals surface area contributed by atoms with Crippen molar-refractivity contribution in [3.05, 3.63) is 88.2 Å². The van der Waals surface area contributed by atoms with E-state index in [9.17, 15) is 21.2 Å². The molecule has 0 aromatic heterocycles. The van der Waals surface area contributed by atoms with E-state index in [0.717, 1.165) is 12.0 Å². The smallest absolute Gasteiger partial charge is 0.264 e. The maximum absolute atomic E-state index is 14.6. The number of hydrogen-bond acceptors (Lipinski definition) is 6. The van der Waals surface area contributed by atoms with Crippen molar-refractivity contribution >= 4 is 48.8 Å². The van der Waals surface area contributed by atoms with E-state index in [4.69, 9.17) is 16.3 Å². The van der Waals surface area contributed by atoms with Gasteiger partial charge in [0.25, 0.3) is 10.0 Å². The highest BCUT2D eigenvalue weighted by Crippen LogP contribution is 2.39. The van der Waals surface area contributed by atoms with Gasteiger partial charge < -0.3 is 9.64 Å². The summed E-state index contributed by atoms with van der Waals surface area (Å²) in [4.78, 5) is 2.32. The summed E-state index contributed by atoms with van der Waals surface area (Å²) in [7, 11) is -6.87. The predicted octanol–water partition coefficient (Wildman–Crippen LogP) is 5.81. The number of nitrogens with zero attached hydrogens (tertiary/aromatic N) is 2. The monoisotopic (exact) mass is 632 g/mol. The Hall–Kier alpha value is -2.92. The first kappa shape index (κ1) is 30.5. The molecule has 1 fully saturated rings. The minimum Gasteiger partial charge on any atom is -0.486 e. The van der Waals surface area contributed by atoms with Crippen molar-refractivity contribution in [3.8, 4) is 5.75 Å². The Morgan fingerprint density at radius 1 is 1.10 bits per heavy atom. The van der Waals surface area contributed by atoms with Crippen LogP contribution in [0.1, 0.15) is 36.5 Å². The van der Waals surface area contributed by atoms with Gasteiger partial charge in [0.15, 0.2) is 9.84 Å². The van der Waals surface area contributed by atoms with Crippen LogP contribution in [-0.2, 0) is 19.9 Å². The SMILES string of the molecule is C/C(=C\c1ccc2c(c1)N(S(=O)(=O)c1cccc(C)c1)C[C@H](CCCN1CCS(=O)(=O)CC1)O2)c1c(F)cccc1Cl. The van der Waals surface area contributed by atoms with Gasteiger partial charge in [0.1, 0.15) is 17.7 Å². The van der Waals surface area contributed by atoms with Gasteiger partial charge in [-0.15, -0.1) is 0 Å². The summed E-state index contributed by atoms with van der Waals surface area (Å²) >= 11 is 6.27. The van der Waals surface area contributed by atoms with Gasteiger partial charge in [-0.25, -0.2) is 21.2 Å². The third-order valence-corrected chi connectivity index (χ3v) is 11.4. The zero-order valence-electron chi connectivity index (χ0n) is 23.6. The quantitative estimate of drug-likeness (QED) is 0.291. The van der Waals surface area contributed by atoms with E-state index in [-0.39, 0.29) is 29.0 Å². The van der Waals surface area contributed by atoms with E-state index in [0.29, 0.717) is 59.2 Å². The predicted molar refractivity (Wildman–Crippen MR) is 166 cm³/mol. The Bertz CT molecular complexity index is 1690. The van der Waals surface area contributed by atoms with Gasteiger partial charge in [-0.05, 0) is 86.3 Å². The Morgan fingerprint density at radius 3 is 2.55 bits per heavy atom. The first-order chi connectivity index (χ1) is 19.9. The number of sulfone groups is 1. The summed E-state index contributed by atoms with van der Waals surface area (Å²) in [6.07, 6.45) is 2.73. The summed E-state index contributed by atoms with van der Waals surface area (Å²) in [5.41, 5.74) is 2.82. The lowest BCUT2D eigenvalue weighted by molar-refractivity contribution is 0.177. The molecular formula is C31H34ClFN2O5S2. The molecule has 7 nitrogen and oxygen atoms in total. The standard InChI is InChI=1S/C31H34ClFN2O5S2/c1-22-6-3-8-26(18-22)42(38,39)35-21-25(7-5-13-34-14-16-41(36,37)17-15-34)40-30-12-11-24(20-29(30)35)19-23(2)31-27(32)9-4-10-28(31)33/h3-4,6,8-12,18-20,25H,5,7,13-17,21H2,1-2H3/b23-19+/t25-/m0/s1. The van der Waals surface area contributed by atoms with Crippen LogP contribution in [0.4, 0.5) is 10.1 Å². The van der Waals surface area contributed by atoms with Crippen molar-refractivity contribution in [1.82, 2.24) is 4.90 Å². The van der Waals surface area contributed by atoms with Crippen LogP contribution in [0.3, 0.4) is 0 Å². The molecule has 5 rings (SSSR count). The van der Waals surface area contributed by atoms with E-state index >= 15 is 0 Å². The zero-order valence-corrected chi connectivity index (χ0v) is 26.0. The zero-order chi connectivity index (χ0) is 30.1. The Morgan fingerprint density at radius 2 is 1.83 bits per heavy atom. The number of halogens is 2. The number of fused-ring (bicyclic) bond motifs is 1. The van der Waals surface area contributed by atoms with Crippen LogP contribution >= 0.6 is 11.6 Å². The molecule has 3 aromatic carbocycles. The highest BCUT2D eigenvalue weighted by molar-refractivity contribution is 7.93. The number of aryl methyl sites for hydroxylation is 1. The van der Waals surface area contributed by atoms with Crippen molar-refractivity contribution in [2.24, 2.45) is 0 Å². The van der Waals surface area contributed by atoms with Gasteiger partial charge in [-0.1, -0.05) is 41.9 Å². The Labute approximate surface area is 252 Å². The molecule has 0 N–H and O–H groups in total. The largest absolute Gasteiger partial charge is 0.486 e. The summed E-state index contributed by atoms with van der Waals surface area (Å²) in [6.45, 7) is 5.48. The number of rotatable bonds is 8. The number of sulfonamides is 1. The first-order valence-corrected chi connectivity index (χ1v) is 17.5. The molecule has 3 aromatic rings. The molecule has 224 valence electrons. The minimum atomic E-state index is -3.93. The fraction of sp³-hybridized carbons (Fsp3) is 0.355. The second kappa shape index (κ2) is 12.4. The molecule has 1 saturated heterocycles. The van der Waals surface area contributed by atoms with Crippen LogP contribution in [0.15, 0.2) is 65.6 Å². The summed E-state index contributed by atoms with van der Waals surface area (Å²) in [6, 6.07) is 16.6. The second-order valence-corrected chi connectivity index (χ2v) is 15.5. The number of benzene rings is 3. The third-order valence-electron chi connectivity index (χ3n) is 7.67. The van der Waals surface area contributed by atoms with Gasteiger partial charge in [0.05, 0.1) is 33.7 Å². The van der Waals surface area contributed by atoms with E-state index in [1.165, 1.54) is 10.4 Å². The maximum atomic E-state index is 14.6. The number of anilines is 1. The first-order valence-electron chi connectivity index (χ1n) is 13.9. The third kappa shape index (κ3) is 6.83. The summed E-state index contributed by atoms with van der Waals surface area (Å²) in [5, 5.41) is 0.294. The van der Waals surface area contributed by atoms with E-state index < -0.39 is 25.7 Å². The summed E-state index contributed by atoms with van der Waals surface area (Å²) in [5.74, 6) is 0.352. The molecule has 1 atom stereocenters. The maximum Gasteiger partial charge on any atom is 0.264 e. The Kier molecular flexibility index (Phi) is 8.99. The van der Waals surface area contributed by atoms with E-state index in [1.807, 2.05) is 19.1 Å². The lowest BCUT2D eigenvalue weighted by atomic mass is 10.0. The Balaban J connectivity index is 1.43. The molecule has 0 unspecified atom stereocenters. The topological polar surface area (TPSA) is 84.0 Å². The van der Waals surface area contributed by atoms with Crippen LogP contribution in [0.2, 0.25) is 5.02 Å². The highest BCUT2D eigenvalue weighted by atomic mass is 35.5. The van der Waals surface area contributed by atoms with Crippen LogP contribution < -0.4 is 9.04 Å². The molecular weight excluding hydrogens is 599 g/mol. The molecule has 0 amide bonds. The van der Waals surface area contributed by atoms with Crippen LogP contribution in [0, 0.1) is 12.7 Å². The lowest BCUT2D eigenvalue weighted by Crippen LogP contribution is -2.44. The van der Waals surface area contributed by atoms with E-state index in [1.54, 1.807) is 55.5 Å². The molecule has 0 bridgehead atoms. The number of allylic oxidation sites excluding steroid dienone is 1. The molecule has 0 spiro atoms. The minimum absolute atomic E-state index is 0.128. The van der Waals surface area contributed by atoms with Gasteiger partial charge in [0, 0.05) is 18.7 Å².